The second-order valence-corrected chi connectivity index (χ2v) is 2.83. The van der Waals surface area contributed by atoms with E-state index < -0.39 is 5.91 Å². The van der Waals surface area contributed by atoms with Gasteiger partial charge in [-0.15, -0.1) is 0 Å². The Morgan fingerprint density at radius 2 is 2.38 bits per heavy atom. The summed E-state index contributed by atoms with van der Waals surface area (Å²) in [6.45, 7) is 2.66. The number of halogens is 1. The number of aromatic nitrogens is 1. The van der Waals surface area contributed by atoms with Gasteiger partial charge in [0.2, 0.25) is 0 Å². The van der Waals surface area contributed by atoms with Crippen LogP contribution in [0.15, 0.2) is 12.1 Å². The van der Waals surface area contributed by atoms with Gasteiger partial charge in [-0.25, -0.2) is 4.98 Å². The average molecular weight is 200 g/mol. The number of pyridine rings is 1. The molecule has 13 heavy (non-hydrogen) atoms. The third-order valence-electron chi connectivity index (χ3n) is 1.44. The minimum absolute atomic E-state index is 0.0973. The van der Waals surface area contributed by atoms with E-state index in [9.17, 15) is 4.79 Å². The number of rotatable bonds is 3. The van der Waals surface area contributed by atoms with Gasteiger partial charge in [0.05, 0.1) is 5.02 Å². The van der Waals surface area contributed by atoms with E-state index in [1.807, 2.05) is 6.92 Å². The highest BCUT2D eigenvalue weighted by Gasteiger charge is 2.08. The van der Waals surface area contributed by atoms with E-state index in [0.717, 1.165) is 6.54 Å². The molecule has 0 spiro atoms. The maximum Gasteiger partial charge on any atom is 0.268 e. The first kappa shape index (κ1) is 9.80. The molecule has 70 valence electrons. The van der Waals surface area contributed by atoms with Gasteiger partial charge in [-0.1, -0.05) is 11.6 Å². The monoisotopic (exact) mass is 199 g/mol. The third-order valence-corrected chi connectivity index (χ3v) is 1.74. The number of amides is 1. The lowest BCUT2D eigenvalue weighted by molar-refractivity contribution is 0.0996. The Bertz CT molecular complexity index is 327. The van der Waals surface area contributed by atoms with Crippen molar-refractivity contribution in [3.05, 3.63) is 22.8 Å². The number of hydrogen-bond donors (Lipinski definition) is 2. The van der Waals surface area contributed by atoms with Gasteiger partial charge in [0.1, 0.15) is 11.5 Å². The number of nitrogens with zero attached hydrogens (tertiary/aromatic N) is 1. The first-order chi connectivity index (χ1) is 6.15. The van der Waals surface area contributed by atoms with Crippen molar-refractivity contribution in [3.63, 3.8) is 0 Å². The molecule has 0 unspecified atom stereocenters. The van der Waals surface area contributed by atoms with Crippen molar-refractivity contribution in [1.29, 1.82) is 0 Å². The predicted octanol–water partition coefficient (Wildman–Crippen LogP) is 1.27. The lowest BCUT2D eigenvalue weighted by atomic mass is 10.3. The van der Waals surface area contributed by atoms with Crippen LogP contribution in [-0.2, 0) is 0 Å². The molecule has 0 radical (unpaired) electrons. The Balaban J connectivity index is 3.04. The number of carbonyl (C=O) groups is 1. The SMILES string of the molecule is CCNc1ccc(Cl)c(C(N)=O)n1. The smallest absolute Gasteiger partial charge is 0.268 e. The van der Waals surface area contributed by atoms with E-state index in [1.54, 1.807) is 12.1 Å². The quantitative estimate of drug-likeness (QED) is 0.770. The minimum Gasteiger partial charge on any atom is -0.370 e. The zero-order valence-electron chi connectivity index (χ0n) is 7.17. The summed E-state index contributed by atoms with van der Waals surface area (Å²) in [6, 6.07) is 3.28. The molecule has 1 aromatic heterocycles. The lowest BCUT2D eigenvalue weighted by Gasteiger charge is -2.04. The number of carbonyl (C=O) groups excluding carboxylic acids is 1. The van der Waals surface area contributed by atoms with E-state index in [4.69, 9.17) is 17.3 Å². The van der Waals surface area contributed by atoms with E-state index >= 15 is 0 Å². The highest BCUT2D eigenvalue weighted by molar-refractivity contribution is 6.33. The van der Waals surface area contributed by atoms with Gasteiger partial charge in [-0.05, 0) is 19.1 Å². The highest BCUT2D eigenvalue weighted by Crippen LogP contribution is 2.15. The summed E-state index contributed by atoms with van der Waals surface area (Å²) in [5.41, 5.74) is 5.16. The first-order valence-electron chi connectivity index (χ1n) is 3.85. The van der Waals surface area contributed by atoms with Crippen LogP contribution in [-0.4, -0.2) is 17.4 Å². The van der Waals surface area contributed by atoms with Crippen molar-refractivity contribution in [1.82, 2.24) is 4.98 Å². The van der Waals surface area contributed by atoms with Crippen molar-refractivity contribution < 1.29 is 4.79 Å². The van der Waals surface area contributed by atoms with Crippen LogP contribution in [0.5, 0.6) is 0 Å². The molecule has 1 rings (SSSR count). The summed E-state index contributed by atoms with van der Waals surface area (Å²) in [6.07, 6.45) is 0. The molecule has 3 N–H and O–H groups in total. The van der Waals surface area contributed by atoms with Crippen LogP contribution < -0.4 is 11.1 Å². The van der Waals surface area contributed by atoms with Crippen molar-refractivity contribution in [2.24, 2.45) is 5.73 Å². The van der Waals surface area contributed by atoms with Crippen LogP contribution in [0.2, 0.25) is 5.02 Å². The van der Waals surface area contributed by atoms with Gasteiger partial charge in [0.15, 0.2) is 0 Å². The van der Waals surface area contributed by atoms with E-state index in [2.05, 4.69) is 10.3 Å². The van der Waals surface area contributed by atoms with Gasteiger partial charge in [-0.3, -0.25) is 4.79 Å². The summed E-state index contributed by atoms with van der Waals surface area (Å²) >= 11 is 5.70. The maximum atomic E-state index is 10.8. The van der Waals surface area contributed by atoms with Crippen LogP contribution in [0.1, 0.15) is 17.4 Å². The molecule has 0 aromatic carbocycles. The molecule has 0 saturated carbocycles. The number of primary amides is 1. The number of anilines is 1. The molecule has 4 nitrogen and oxygen atoms in total. The highest BCUT2D eigenvalue weighted by atomic mass is 35.5. The second-order valence-electron chi connectivity index (χ2n) is 2.42. The van der Waals surface area contributed by atoms with Gasteiger partial charge < -0.3 is 11.1 Å². The van der Waals surface area contributed by atoms with Gasteiger partial charge in [0.25, 0.3) is 5.91 Å². The molecular weight excluding hydrogens is 190 g/mol. The molecule has 1 heterocycles. The topological polar surface area (TPSA) is 68.0 Å². The molecule has 5 heteroatoms. The van der Waals surface area contributed by atoms with Crippen LogP contribution in [0.25, 0.3) is 0 Å². The van der Waals surface area contributed by atoms with E-state index in [0.29, 0.717) is 5.82 Å². The first-order valence-corrected chi connectivity index (χ1v) is 4.23. The van der Waals surface area contributed by atoms with Gasteiger partial charge in [-0.2, -0.15) is 0 Å². The van der Waals surface area contributed by atoms with E-state index in [-0.39, 0.29) is 10.7 Å². The number of nitrogens with two attached hydrogens (primary N) is 1. The molecule has 0 aliphatic heterocycles. The molecule has 0 fully saturated rings. The van der Waals surface area contributed by atoms with Crippen LogP contribution in [0, 0.1) is 0 Å². The Kier molecular flexibility index (Phi) is 3.08. The summed E-state index contributed by atoms with van der Waals surface area (Å²) in [4.78, 5) is 14.8. The van der Waals surface area contributed by atoms with Crippen molar-refractivity contribution in [2.45, 2.75) is 6.92 Å². The fraction of sp³-hybridized carbons (Fsp3) is 0.250. The molecule has 1 amide bonds. The third kappa shape index (κ3) is 2.32. The van der Waals surface area contributed by atoms with Crippen molar-refractivity contribution in [3.8, 4) is 0 Å². The molecule has 0 bridgehead atoms. The molecule has 1 aromatic rings. The largest absolute Gasteiger partial charge is 0.370 e. The average Bonchev–Trinajstić information content (AvgIpc) is 2.08. The predicted molar refractivity (Wildman–Crippen MR) is 51.9 cm³/mol. The van der Waals surface area contributed by atoms with Crippen molar-refractivity contribution >= 4 is 23.3 Å². The fourth-order valence-electron chi connectivity index (χ4n) is 0.895. The molecular formula is C8H10ClN3O. The van der Waals surface area contributed by atoms with Crippen LogP contribution in [0.3, 0.4) is 0 Å². The standard InChI is InChI=1S/C8H10ClN3O/c1-2-11-6-4-3-5(9)7(12-6)8(10)13/h3-4H,2H2,1H3,(H2,10,13)(H,11,12). The Hall–Kier alpha value is -1.29. The fourth-order valence-corrected chi connectivity index (χ4v) is 1.09. The minimum atomic E-state index is -0.621. The van der Waals surface area contributed by atoms with Crippen LogP contribution in [0.4, 0.5) is 5.82 Å². The van der Waals surface area contributed by atoms with Crippen molar-refractivity contribution in [2.75, 3.05) is 11.9 Å². The van der Waals surface area contributed by atoms with Gasteiger partial charge >= 0.3 is 0 Å². The Morgan fingerprint density at radius 3 is 2.92 bits per heavy atom. The zero-order chi connectivity index (χ0) is 9.84. The van der Waals surface area contributed by atoms with Crippen LogP contribution >= 0.6 is 11.6 Å². The summed E-state index contributed by atoms with van der Waals surface area (Å²) in [7, 11) is 0. The molecule has 0 saturated heterocycles. The maximum absolute atomic E-state index is 10.8. The molecule has 0 atom stereocenters. The Morgan fingerprint density at radius 1 is 1.69 bits per heavy atom. The summed E-state index contributed by atoms with van der Waals surface area (Å²) in [5, 5.41) is 3.22. The summed E-state index contributed by atoms with van der Waals surface area (Å²) < 4.78 is 0. The summed E-state index contributed by atoms with van der Waals surface area (Å²) in [5.74, 6) is -0.0227. The molecule has 0 aliphatic rings. The van der Waals surface area contributed by atoms with E-state index in [1.165, 1.54) is 0 Å². The molecule has 0 aliphatic carbocycles. The lowest BCUT2D eigenvalue weighted by Crippen LogP contribution is -2.14. The Labute approximate surface area is 81.1 Å². The second kappa shape index (κ2) is 4.09. The number of nitrogens with one attached hydrogen (secondary N) is 1. The van der Waals surface area contributed by atoms with Gasteiger partial charge in [0, 0.05) is 6.54 Å². The zero-order valence-corrected chi connectivity index (χ0v) is 7.93. The normalized spacial score (nSPS) is 9.69. The number of hydrogen-bond acceptors (Lipinski definition) is 3.